The van der Waals surface area contributed by atoms with Crippen molar-refractivity contribution in [3.05, 3.63) is 24.3 Å². The molecule has 0 bridgehead atoms. The zero-order valence-electron chi connectivity index (χ0n) is 10.9. The van der Waals surface area contributed by atoms with Gasteiger partial charge in [0.05, 0.1) is 0 Å². The maximum atomic E-state index is 12.2. The number of fused-ring (bicyclic) bond motifs is 1. The lowest BCUT2D eigenvalue weighted by Crippen LogP contribution is -2.39. The summed E-state index contributed by atoms with van der Waals surface area (Å²) in [5.41, 5.74) is 1.52. The molecule has 19 heavy (non-hydrogen) atoms. The van der Waals surface area contributed by atoms with Crippen LogP contribution in [0.4, 0.5) is 6.01 Å². The molecule has 1 amide bonds. The van der Waals surface area contributed by atoms with Crippen LogP contribution in [0.5, 0.6) is 0 Å². The third-order valence-corrected chi connectivity index (χ3v) is 3.42. The van der Waals surface area contributed by atoms with Crippen LogP contribution >= 0.6 is 0 Å². The molecule has 1 atom stereocenters. The van der Waals surface area contributed by atoms with Gasteiger partial charge in [0, 0.05) is 13.1 Å². The first-order valence-corrected chi connectivity index (χ1v) is 6.65. The molecule has 0 aliphatic carbocycles. The summed E-state index contributed by atoms with van der Waals surface area (Å²) in [6, 6.07) is 7.65. The van der Waals surface area contributed by atoms with Crippen LogP contribution < -0.4 is 5.32 Å². The summed E-state index contributed by atoms with van der Waals surface area (Å²) in [6.45, 7) is 3.56. The summed E-state index contributed by atoms with van der Waals surface area (Å²) in [6.07, 6.45) is 2.20. The Hall–Kier alpha value is -2.04. The Kier molecular flexibility index (Phi) is 3.11. The summed E-state index contributed by atoms with van der Waals surface area (Å²) < 4.78 is 5.56. The van der Waals surface area contributed by atoms with Crippen molar-refractivity contribution >= 4 is 23.0 Å². The first kappa shape index (κ1) is 12.0. The lowest BCUT2D eigenvalue weighted by atomic mass is 10.3. The molecule has 1 aliphatic rings. The van der Waals surface area contributed by atoms with E-state index < -0.39 is 0 Å². The van der Waals surface area contributed by atoms with Crippen molar-refractivity contribution in [2.24, 2.45) is 0 Å². The Morgan fingerprint density at radius 2 is 2.11 bits per heavy atom. The van der Waals surface area contributed by atoms with Crippen LogP contribution in [-0.2, 0) is 4.79 Å². The van der Waals surface area contributed by atoms with Gasteiger partial charge in [-0.2, -0.15) is 4.98 Å². The molecule has 1 saturated heterocycles. The molecule has 3 rings (SSSR count). The number of aromatic nitrogens is 1. The van der Waals surface area contributed by atoms with E-state index in [4.69, 9.17) is 4.42 Å². The number of amides is 1. The van der Waals surface area contributed by atoms with Gasteiger partial charge in [0.2, 0.25) is 5.91 Å². The second-order valence-corrected chi connectivity index (χ2v) is 4.89. The van der Waals surface area contributed by atoms with Crippen LogP contribution in [-0.4, -0.2) is 34.9 Å². The van der Waals surface area contributed by atoms with Gasteiger partial charge in [-0.1, -0.05) is 12.1 Å². The largest absolute Gasteiger partial charge is 0.424 e. The van der Waals surface area contributed by atoms with Crippen LogP contribution in [0.3, 0.4) is 0 Å². The Labute approximate surface area is 111 Å². The van der Waals surface area contributed by atoms with Gasteiger partial charge in [-0.15, -0.1) is 0 Å². The van der Waals surface area contributed by atoms with E-state index in [1.807, 2.05) is 36.1 Å². The molecular formula is C14H17N3O2. The average Bonchev–Trinajstić information content (AvgIpc) is 3.06. The Bertz CT molecular complexity index is 554. The van der Waals surface area contributed by atoms with E-state index in [0.29, 0.717) is 6.01 Å². The smallest absolute Gasteiger partial charge is 0.296 e. The number of nitrogens with zero attached hydrogens (tertiary/aromatic N) is 2. The lowest BCUT2D eigenvalue weighted by Gasteiger charge is -2.20. The zero-order chi connectivity index (χ0) is 13.2. The number of anilines is 1. The Balaban J connectivity index is 1.71. The summed E-state index contributed by atoms with van der Waals surface area (Å²) in [5.74, 6) is 0.111. The minimum Gasteiger partial charge on any atom is -0.424 e. The van der Waals surface area contributed by atoms with Crippen molar-refractivity contribution in [2.75, 3.05) is 18.4 Å². The number of para-hydroxylation sites is 2. The van der Waals surface area contributed by atoms with Crippen LogP contribution in [0.1, 0.15) is 19.8 Å². The van der Waals surface area contributed by atoms with E-state index in [2.05, 4.69) is 10.3 Å². The highest BCUT2D eigenvalue weighted by atomic mass is 16.4. The molecule has 1 fully saturated rings. The molecule has 2 aromatic rings. The third-order valence-electron chi connectivity index (χ3n) is 3.42. The standard InChI is InChI=1S/C14H17N3O2/c1-10(13(18)17-8-4-5-9-17)15-14-16-11-6-2-3-7-12(11)19-14/h2-3,6-7,10H,4-5,8-9H2,1H3,(H,15,16). The van der Waals surface area contributed by atoms with Crippen LogP contribution in [0.25, 0.3) is 11.1 Å². The van der Waals surface area contributed by atoms with Crippen LogP contribution in [0.2, 0.25) is 0 Å². The maximum Gasteiger partial charge on any atom is 0.296 e. The van der Waals surface area contributed by atoms with Crippen molar-refractivity contribution in [3.8, 4) is 0 Å². The predicted molar refractivity (Wildman–Crippen MR) is 72.9 cm³/mol. The third kappa shape index (κ3) is 2.41. The first-order chi connectivity index (χ1) is 9.24. The molecule has 2 heterocycles. The SMILES string of the molecule is CC(Nc1nc2ccccc2o1)C(=O)N1CCCC1. The van der Waals surface area contributed by atoms with Crippen LogP contribution in [0.15, 0.2) is 28.7 Å². The van der Waals surface area contributed by atoms with Crippen molar-refractivity contribution < 1.29 is 9.21 Å². The number of hydrogen-bond acceptors (Lipinski definition) is 4. The highest BCUT2D eigenvalue weighted by molar-refractivity contribution is 5.84. The number of carbonyl (C=O) groups excluding carboxylic acids is 1. The fourth-order valence-corrected chi connectivity index (χ4v) is 2.39. The number of oxazole rings is 1. The highest BCUT2D eigenvalue weighted by Gasteiger charge is 2.24. The normalized spacial score (nSPS) is 16.8. The lowest BCUT2D eigenvalue weighted by molar-refractivity contribution is -0.130. The number of nitrogens with one attached hydrogen (secondary N) is 1. The molecule has 1 aromatic carbocycles. The fourth-order valence-electron chi connectivity index (χ4n) is 2.39. The second-order valence-electron chi connectivity index (χ2n) is 4.89. The molecule has 5 heteroatoms. The molecule has 0 radical (unpaired) electrons. The molecule has 1 aliphatic heterocycles. The fraction of sp³-hybridized carbons (Fsp3) is 0.429. The van der Waals surface area contributed by atoms with Gasteiger partial charge in [-0.05, 0) is 31.9 Å². The second kappa shape index (κ2) is 4.91. The van der Waals surface area contributed by atoms with Gasteiger partial charge in [-0.25, -0.2) is 0 Å². The van der Waals surface area contributed by atoms with Crippen molar-refractivity contribution in [1.82, 2.24) is 9.88 Å². The first-order valence-electron chi connectivity index (χ1n) is 6.65. The van der Waals surface area contributed by atoms with E-state index in [-0.39, 0.29) is 11.9 Å². The van der Waals surface area contributed by atoms with Gasteiger partial charge < -0.3 is 14.6 Å². The van der Waals surface area contributed by atoms with Crippen molar-refractivity contribution in [2.45, 2.75) is 25.8 Å². The summed E-state index contributed by atoms with van der Waals surface area (Å²) in [7, 11) is 0. The minimum absolute atomic E-state index is 0.111. The Morgan fingerprint density at radius 1 is 1.37 bits per heavy atom. The predicted octanol–water partition coefficient (Wildman–Crippen LogP) is 2.25. The molecule has 1 aromatic heterocycles. The van der Waals surface area contributed by atoms with E-state index in [1.165, 1.54) is 0 Å². The number of benzene rings is 1. The molecular weight excluding hydrogens is 242 g/mol. The van der Waals surface area contributed by atoms with Gasteiger partial charge in [0.25, 0.3) is 6.01 Å². The number of likely N-dealkylation sites (tertiary alicyclic amines) is 1. The number of carbonyl (C=O) groups is 1. The average molecular weight is 259 g/mol. The van der Waals surface area contributed by atoms with E-state index in [0.717, 1.165) is 37.0 Å². The van der Waals surface area contributed by atoms with Crippen molar-refractivity contribution in [3.63, 3.8) is 0 Å². The molecule has 0 saturated carbocycles. The van der Waals surface area contributed by atoms with Crippen LogP contribution in [0, 0.1) is 0 Å². The molecule has 0 spiro atoms. The summed E-state index contributed by atoms with van der Waals surface area (Å²) >= 11 is 0. The Morgan fingerprint density at radius 3 is 2.84 bits per heavy atom. The molecule has 1 N–H and O–H groups in total. The van der Waals surface area contributed by atoms with Gasteiger partial charge in [0.15, 0.2) is 5.58 Å². The van der Waals surface area contributed by atoms with E-state index >= 15 is 0 Å². The maximum absolute atomic E-state index is 12.2. The molecule has 1 unspecified atom stereocenters. The monoisotopic (exact) mass is 259 g/mol. The topological polar surface area (TPSA) is 58.4 Å². The van der Waals surface area contributed by atoms with E-state index in [9.17, 15) is 4.79 Å². The minimum atomic E-state index is -0.314. The van der Waals surface area contributed by atoms with Gasteiger partial charge in [-0.3, -0.25) is 4.79 Å². The van der Waals surface area contributed by atoms with E-state index in [1.54, 1.807) is 0 Å². The zero-order valence-corrected chi connectivity index (χ0v) is 10.9. The van der Waals surface area contributed by atoms with Gasteiger partial charge >= 0.3 is 0 Å². The summed E-state index contributed by atoms with van der Waals surface area (Å²) in [4.78, 5) is 18.4. The highest BCUT2D eigenvalue weighted by Crippen LogP contribution is 2.19. The number of rotatable bonds is 3. The molecule has 5 nitrogen and oxygen atoms in total. The van der Waals surface area contributed by atoms with Crippen molar-refractivity contribution in [1.29, 1.82) is 0 Å². The quantitative estimate of drug-likeness (QED) is 0.918. The molecule has 100 valence electrons. The number of hydrogen-bond donors (Lipinski definition) is 1. The summed E-state index contributed by atoms with van der Waals surface area (Å²) in [5, 5.41) is 3.04. The van der Waals surface area contributed by atoms with Gasteiger partial charge in [0.1, 0.15) is 11.6 Å².